The molecule has 6 aromatic rings. The molecule has 0 unspecified atom stereocenters. The molecule has 6 atom stereocenters. The lowest BCUT2D eigenvalue weighted by molar-refractivity contribution is -0.384. The van der Waals surface area contributed by atoms with E-state index in [0.29, 0.717) is 53.7 Å². The van der Waals surface area contributed by atoms with Crippen LogP contribution >= 0.6 is 0 Å². The lowest BCUT2D eigenvalue weighted by Gasteiger charge is -2.60. The number of unbranched alkanes of at least 4 members (excludes halogenated alkanes) is 2. The molecule has 0 aromatic heterocycles. The Morgan fingerprint density at radius 2 is 1.53 bits per heavy atom. The quantitative estimate of drug-likeness (QED) is 0.0261. The molecule has 2 fully saturated rings. The van der Waals surface area contributed by atoms with Crippen LogP contribution < -0.4 is 9.47 Å². The smallest absolute Gasteiger partial charge is 0.269 e. The summed E-state index contributed by atoms with van der Waals surface area (Å²) < 4.78 is 21.8. The van der Waals surface area contributed by atoms with Crippen LogP contribution in [0.15, 0.2) is 169 Å². The van der Waals surface area contributed by atoms with Crippen molar-refractivity contribution in [1.29, 1.82) is 0 Å². The average molecular weight is 1040 g/mol. The average Bonchev–Trinajstić information content (AvgIpc) is 4.05. The van der Waals surface area contributed by atoms with E-state index in [1.54, 1.807) is 18.2 Å². The molecule has 10 rings (SSSR count). The number of nitro groups is 1. The van der Waals surface area contributed by atoms with Crippen LogP contribution in [-0.2, 0) is 27.5 Å². The lowest BCUT2D eigenvalue weighted by atomic mass is 9.55. The van der Waals surface area contributed by atoms with Gasteiger partial charge >= 0.3 is 0 Å². The Hall–Kier alpha value is -7.12. The topological polar surface area (TPSA) is 153 Å². The number of ether oxygens (including phenoxy) is 3. The van der Waals surface area contributed by atoms with Crippen LogP contribution in [0.4, 0.5) is 5.69 Å². The number of nitro benzene ring substituents is 1. The molecule has 0 bridgehead atoms. The third-order valence-corrected chi connectivity index (χ3v) is 16.6. The van der Waals surface area contributed by atoms with E-state index in [1.165, 1.54) is 25.0 Å². The predicted molar refractivity (Wildman–Crippen MR) is 300 cm³/mol. The molecule has 2 saturated carbocycles. The van der Waals surface area contributed by atoms with Crippen LogP contribution in [0.5, 0.6) is 17.2 Å². The van der Waals surface area contributed by atoms with Crippen molar-refractivity contribution in [3.63, 3.8) is 0 Å². The van der Waals surface area contributed by atoms with Crippen LogP contribution in [0, 0.1) is 33.8 Å². The molecule has 0 saturated heterocycles. The zero-order valence-electron chi connectivity index (χ0n) is 43.9. The van der Waals surface area contributed by atoms with Gasteiger partial charge in [-0.25, -0.2) is 0 Å². The van der Waals surface area contributed by atoms with Crippen molar-refractivity contribution in [3.8, 4) is 28.4 Å². The molecule has 4 aliphatic rings. The first-order chi connectivity index (χ1) is 37.8. The molecule has 1 heterocycles. The number of fused-ring (bicyclic) bond motifs is 3. The first kappa shape index (κ1) is 53.3. The number of benzene rings is 6. The Morgan fingerprint density at radius 1 is 0.818 bits per heavy atom. The Morgan fingerprint density at radius 3 is 2.29 bits per heavy atom. The van der Waals surface area contributed by atoms with Crippen molar-refractivity contribution in [1.82, 2.24) is 4.90 Å². The van der Waals surface area contributed by atoms with Gasteiger partial charge in [-0.1, -0.05) is 141 Å². The van der Waals surface area contributed by atoms with E-state index in [4.69, 9.17) is 24.2 Å². The van der Waals surface area contributed by atoms with Crippen molar-refractivity contribution in [3.05, 3.63) is 191 Å². The molecule has 3 aliphatic carbocycles. The summed E-state index contributed by atoms with van der Waals surface area (Å²) in [5.41, 5.74) is 6.46. The maximum Gasteiger partial charge on any atom is 0.269 e. The second-order valence-corrected chi connectivity index (χ2v) is 21.3. The molecule has 0 radical (unpaired) electrons. The summed E-state index contributed by atoms with van der Waals surface area (Å²) in [6, 6.07) is 44.5. The molecule has 1 amide bonds. The molecule has 12 heteroatoms. The fraction of sp³-hybridized carbons (Fsp3) is 0.385. The minimum absolute atomic E-state index is 0.00867. The van der Waals surface area contributed by atoms with Crippen LogP contribution in [0.25, 0.3) is 21.9 Å². The van der Waals surface area contributed by atoms with Crippen molar-refractivity contribution >= 4 is 28.1 Å². The molecule has 0 spiro atoms. The second-order valence-electron chi connectivity index (χ2n) is 21.3. The summed E-state index contributed by atoms with van der Waals surface area (Å²) in [6.45, 7) is 4.79. The van der Waals surface area contributed by atoms with Crippen molar-refractivity contribution in [2.45, 2.75) is 114 Å². The van der Waals surface area contributed by atoms with Crippen molar-refractivity contribution < 1.29 is 39.0 Å². The van der Waals surface area contributed by atoms with E-state index < -0.39 is 22.7 Å². The van der Waals surface area contributed by atoms with Crippen LogP contribution in [-0.4, -0.2) is 63.3 Å². The van der Waals surface area contributed by atoms with Gasteiger partial charge in [0, 0.05) is 56.2 Å². The van der Waals surface area contributed by atoms with E-state index in [2.05, 4.69) is 73.3 Å². The zero-order chi connectivity index (χ0) is 53.1. The number of amides is 1. The Balaban J connectivity index is 1.14. The molecular weight excluding hydrogens is 967 g/mol. The monoisotopic (exact) mass is 1040 g/mol. The molecule has 1 aliphatic heterocycles. The van der Waals surface area contributed by atoms with Gasteiger partial charge in [0.15, 0.2) is 0 Å². The van der Waals surface area contributed by atoms with Gasteiger partial charge in [0.05, 0.1) is 23.2 Å². The molecule has 6 aromatic carbocycles. The second kappa shape index (κ2) is 24.9. The lowest BCUT2D eigenvalue weighted by Crippen LogP contribution is -2.70. The maximum absolute atomic E-state index is 15.7. The largest absolute Gasteiger partial charge is 0.459 e. The molecular formula is C65H71N3O9. The molecule has 12 nitrogen and oxygen atoms in total. The third-order valence-electron chi connectivity index (χ3n) is 16.6. The Kier molecular flexibility index (Phi) is 17.2. The summed E-state index contributed by atoms with van der Waals surface area (Å²) in [4.78, 5) is 35.2. The fourth-order valence-electron chi connectivity index (χ4n) is 12.8. The number of aliphatic hydroxyl groups is 2. The first-order valence-corrected chi connectivity index (χ1v) is 27.8. The van der Waals surface area contributed by atoms with E-state index >= 15 is 4.79 Å². The highest BCUT2D eigenvalue weighted by Gasteiger charge is 2.65. The SMILES string of the molecule is C=CCO[C@@]12Oc3ccc(Oc4ccc(-c5ccccc5)cc4)cc3[C@H]3[C@H](CCCCO)[C@@H](CCCCO)C=C(C(=NOCc4ccc([N+](=O)[O-])cc4)C[C@@H]1N(Cc1cccc4ccccc14)C(=O)CCC1CCCC1)[C@H]32. The number of allylic oxidation sites excluding steroid dienone is 1. The van der Waals surface area contributed by atoms with Gasteiger partial charge in [-0.05, 0) is 131 Å². The Labute approximate surface area is 452 Å². The highest BCUT2D eigenvalue weighted by molar-refractivity contribution is 6.03. The molecule has 77 heavy (non-hydrogen) atoms. The summed E-state index contributed by atoms with van der Waals surface area (Å²) in [5, 5.41) is 39.1. The van der Waals surface area contributed by atoms with Gasteiger partial charge in [0.1, 0.15) is 29.9 Å². The summed E-state index contributed by atoms with van der Waals surface area (Å²) >= 11 is 0. The minimum Gasteiger partial charge on any atom is -0.459 e. The zero-order valence-corrected chi connectivity index (χ0v) is 43.9. The third kappa shape index (κ3) is 11.9. The fourth-order valence-corrected chi connectivity index (χ4v) is 12.8. The van der Waals surface area contributed by atoms with Crippen LogP contribution in [0.1, 0.15) is 106 Å². The number of aliphatic hydroxyl groups excluding tert-OH is 2. The van der Waals surface area contributed by atoms with Crippen molar-refractivity contribution in [2.75, 3.05) is 19.8 Å². The van der Waals surface area contributed by atoms with E-state index in [1.807, 2.05) is 59.5 Å². The van der Waals surface area contributed by atoms with Gasteiger partial charge in [-0.3, -0.25) is 14.9 Å². The van der Waals surface area contributed by atoms with Crippen LogP contribution in [0.3, 0.4) is 0 Å². The summed E-state index contributed by atoms with van der Waals surface area (Å²) in [5.74, 6) is 0.262. The number of non-ortho nitro benzene ring substituents is 1. The highest BCUT2D eigenvalue weighted by Crippen LogP contribution is 2.62. The predicted octanol–water partition coefficient (Wildman–Crippen LogP) is 14.0. The number of hydrogen-bond donors (Lipinski definition) is 2. The number of oxime groups is 1. The first-order valence-electron chi connectivity index (χ1n) is 27.8. The number of carbonyl (C=O) groups is 1. The standard InChI is InChI=1S/C65H71N3O9/c1-2-39-74-65-61(67(62(71)36-27-45-15-6-7-16-45)43-51-22-14-21-49-19-8-9-23-55(49)51)42-59(66-75-44-46-25-30-52(31-26-46)68(72)73)57-40-50(20-10-12-37-69)56(24-11-13-38-70)63(64(57)65)58-41-54(34-35-60(58)77-65)76-53-32-28-48(29-33-53)47-17-4-3-5-18-47/h2-5,8-9,14,17-19,21-23,25-26,28-35,40-41,45,50,56,61,63-64,69-70H,1,6-7,10-13,15-16,20,24,27,36-39,42-44H2/t50-,56+,61-,63+,64+,65+/m0/s1. The molecule has 2 N–H and O–H groups in total. The number of nitrogens with zero attached hydrogens (tertiary/aromatic N) is 3. The normalized spacial score (nSPS) is 22.1. The van der Waals surface area contributed by atoms with Gasteiger partial charge in [0.25, 0.3) is 5.69 Å². The number of rotatable bonds is 24. The van der Waals surface area contributed by atoms with Gasteiger partial charge in [0.2, 0.25) is 11.7 Å². The van der Waals surface area contributed by atoms with Gasteiger partial charge < -0.3 is 34.2 Å². The number of hydrogen-bond acceptors (Lipinski definition) is 10. The van der Waals surface area contributed by atoms with Crippen LogP contribution in [0.2, 0.25) is 0 Å². The maximum atomic E-state index is 15.7. The molecule has 400 valence electrons. The van der Waals surface area contributed by atoms with E-state index in [9.17, 15) is 20.3 Å². The van der Waals surface area contributed by atoms with E-state index in [0.717, 1.165) is 83.5 Å². The van der Waals surface area contributed by atoms with Crippen molar-refractivity contribution in [2.24, 2.45) is 28.8 Å². The summed E-state index contributed by atoms with van der Waals surface area (Å²) in [7, 11) is 0. The van der Waals surface area contributed by atoms with E-state index in [-0.39, 0.29) is 68.7 Å². The van der Waals surface area contributed by atoms with Gasteiger partial charge in [-0.2, -0.15) is 0 Å². The highest BCUT2D eigenvalue weighted by atomic mass is 16.7. The van der Waals surface area contributed by atoms with Gasteiger partial charge in [-0.15, -0.1) is 6.58 Å². The Bertz CT molecular complexity index is 3040. The minimum atomic E-state index is -1.45. The number of carbonyl (C=O) groups excluding carboxylic acids is 1. The summed E-state index contributed by atoms with van der Waals surface area (Å²) in [6.07, 6.45) is 14.5.